The van der Waals surface area contributed by atoms with Gasteiger partial charge in [0.2, 0.25) is 0 Å². The number of carbonyl (C=O) groups is 1. The van der Waals surface area contributed by atoms with Crippen LogP contribution in [0.15, 0.2) is 12.4 Å². The first-order valence-corrected chi connectivity index (χ1v) is 4.58. The van der Waals surface area contributed by atoms with Gasteiger partial charge in [-0.25, -0.2) is 0 Å². The number of aromatic nitrogens is 2. The molecule has 0 amide bonds. The summed E-state index contributed by atoms with van der Waals surface area (Å²) < 4.78 is 1.86. The van der Waals surface area contributed by atoms with E-state index in [4.69, 9.17) is 5.11 Å². The zero-order valence-electron chi connectivity index (χ0n) is 8.05. The minimum Gasteiger partial charge on any atom is -0.481 e. The summed E-state index contributed by atoms with van der Waals surface area (Å²) in [7, 11) is 2.05. The quantitative estimate of drug-likeness (QED) is 0.737. The van der Waals surface area contributed by atoms with Gasteiger partial charge in [-0.05, 0) is 7.05 Å². The van der Waals surface area contributed by atoms with Crippen molar-refractivity contribution in [1.82, 2.24) is 14.7 Å². The highest BCUT2D eigenvalue weighted by molar-refractivity contribution is 5.69. The fourth-order valence-corrected chi connectivity index (χ4v) is 1.68. The van der Waals surface area contributed by atoms with Gasteiger partial charge in [0, 0.05) is 24.8 Å². The molecule has 1 aliphatic heterocycles. The van der Waals surface area contributed by atoms with E-state index in [-0.39, 0.29) is 6.42 Å². The number of carboxylic acids is 1. The van der Waals surface area contributed by atoms with Crippen molar-refractivity contribution in [3.63, 3.8) is 0 Å². The van der Waals surface area contributed by atoms with Crippen LogP contribution in [-0.2, 0) is 11.2 Å². The van der Waals surface area contributed by atoms with Gasteiger partial charge in [0.1, 0.15) is 0 Å². The molecule has 0 unspecified atom stereocenters. The Hall–Kier alpha value is -1.36. The molecule has 2 rings (SSSR count). The second kappa shape index (κ2) is 3.42. The third-order valence-electron chi connectivity index (χ3n) is 2.43. The third-order valence-corrected chi connectivity index (χ3v) is 2.43. The van der Waals surface area contributed by atoms with Crippen molar-refractivity contribution >= 4 is 5.97 Å². The molecule has 0 atom stereocenters. The second-order valence-corrected chi connectivity index (χ2v) is 3.77. The minimum atomic E-state index is -0.810. The molecular weight excluding hydrogens is 182 g/mol. The summed E-state index contributed by atoms with van der Waals surface area (Å²) in [5.74, 6) is -0.810. The summed E-state index contributed by atoms with van der Waals surface area (Å²) >= 11 is 0. The first-order chi connectivity index (χ1) is 6.65. The molecule has 0 saturated carbocycles. The zero-order valence-corrected chi connectivity index (χ0v) is 8.05. The number of likely N-dealkylation sites (tertiary alicyclic amines) is 1. The molecule has 5 heteroatoms. The van der Waals surface area contributed by atoms with Crippen molar-refractivity contribution < 1.29 is 9.90 Å². The first kappa shape index (κ1) is 9.21. The van der Waals surface area contributed by atoms with Gasteiger partial charge in [0.15, 0.2) is 0 Å². The van der Waals surface area contributed by atoms with Crippen molar-refractivity contribution in [3.8, 4) is 0 Å². The topological polar surface area (TPSA) is 58.4 Å². The molecule has 1 saturated heterocycles. The summed E-state index contributed by atoms with van der Waals surface area (Å²) in [5, 5.41) is 12.7. The fraction of sp³-hybridized carbons (Fsp3) is 0.556. The summed E-state index contributed by atoms with van der Waals surface area (Å²) in [5.41, 5.74) is 0.770. The predicted octanol–water partition coefficient (Wildman–Crippen LogP) is -0.00330. The molecule has 0 aromatic carbocycles. The van der Waals surface area contributed by atoms with E-state index in [0.29, 0.717) is 6.04 Å². The standard InChI is InChI=1S/C9H13N3O2/c1-11-5-8(6-11)12-4-7(3-10-12)2-9(13)14/h3-4,8H,2,5-6H2,1H3,(H,13,14). The van der Waals surface area contributed by atoms with Crippen molar-refractivity contribution in [2.75, 3.05) is 20.1 Å². The smallest absolute Gasteiger partial charge is 0.307 e. The second-order valence-electron chi connectivity index (χ2n) is 3.77. The van der Waals surface area contributed by atoms with Crippen molar-refractivity contribution in [2.45, 2.75) is 12.5 Å². The van der Waals surface area contributed by atoms with Gasteiger partial charge in [0.25, 0.3) is 0 Å². The zero-order chi connectivity index (χ0) is 10.1. The van der Waals surface area contributed by atoms with Crippen molar-refractivity contribution in [2.24, 2.45) is 0 Å². The summed E-state index contributed by atoms with van der Waals surface area (Å²) in [6, 6.07) is 0.419. The Bertz CT molecular complexity index is 342. The molecule has 1 aromatic heterocycles. The third kappa shape index (κ3) is 1.77. The van der Waals surface area contributed by atoms with Crippen LogP contribution in [0.3, 0.4) is 0 Å². The molecule has 1 aliphatic rings. The van der Waals surface area contributed by atoms with E-state index in [2.05, 4.69) is 17.0 Å². The summed E-state index contributed by atoms with van der Waals surface area (Å²) in [4.78, 5) is 12.6. The molecule has 5 nitrogen and oxygen atoms in total. The Balaban J connectivity index is 1.99. The molecule has 0 spiro atoms. The number of carboxylic acid groups (broad SMARTS) is 1. The highest BCUT2D eigenvalue weighted by atomic mass is 16.4. The molecular formula is C9H13N3O2. The van der Waals surface area contributed by atoms with Crippen LogP contribution in [0.2, 0.25) is 0 Å². The molecule has 1 N–H and O–H groups in total. The van der Waals surface area contributed by atoms with Gasteiger partial charge in [-0.15, -0.1) is 0 Å². The number of likely N-dealkylation sites (N-methyl/N-ethyl adjacent to an activating group) is 1. The lowest BCUT2D eigenvalue weighted by atomic mass is 10.1. The lowest BCUT2D eigenvalue weighted by Crippen LogP contribution is -2.45. The number of rotatable bonds is 3. The molecule has 0 radical (unpaired) electrons. The minimum absolute atomic E-state index is 0.0581. The van der Waals surface area contributed by atoms with E-state index in [1.165, 1.54) is 0 Å². The molecule has 0 bridgehead atoms. The van der Waals surface area contributed by atoms with Crippen molar-refractivity contribution in [1.29, 1.82) is 0 Å². The van der Waals surface area contributed by atoms with E-state index in [1.807, 2.05) is 10.9 Å². The maximum absolute atomic E-state index is 10.4. The fourth-order valence-electron chi connectivity index (χ4n) is 1.68. The van der Waals surface area contributed by atoms with E-state index < -0.39 is 5.97 Å². The molecule has 1 fully saturated rings. The normalized spacial score (nSPS) is 18.1. The van der Waals surface area contributed by atoms with Crippen LogP contribution >= 0.6 is 0 Å². The van der Waals surface area contributed by atoms with Gasteiger partial charge in [-0.3, -0.25) is 9.48 Å². The monoisotopic (exact) mass is 195 g/mol. The number of hydrogen-bond donors (Lipinski definition) is 1. The van der Waals surface area contributed by atoms with Gasteiger partial charge in [-0.2, -0.15) is 5.10 Å². The van der Waals surface area contributed by atoms with Crippen LogP contribution in [0, 0.1) is 0 Å². The first-order valence-electron chi connectivity index (χ1n) is 4.58. The summed E-state index contributed by atoms with van der Waals surface area (Å²) in [6.07, 6.45) is 3.51. The van der Waals surface area contributed by atoms with Gasteiger partial charge in [0.05, 0.1) is 18.7 Å². The summed E-state index contributed by atoms with van der Waals surface area (Å²) in [6.45, 7) is 1.99. The molecule has 0 aliphatic carbocycles. The van der Waals surface area contributed by atoms with Crippen molar-refractivity contribution in [3.05, 3.63) is 18.0 Å². The van der Waals surface area contributed by atoms with Gasteiger partial charge in [-0.1, -0.05) is 0 Å². The van der Waals surface area contributed by atoms with Crippen LogP contribution in [0.25, 0.3) is 0 Å². The van der Waals surface area contributed by atoms with E-state index in [9.17, 15) is 4.79 Å². The lowest BCUT2D eigenvalue weighted by molar-refractivity contribution is -0.136. The maximum Gasteiger partial charge on any atom is 0.307 e. The Morgan fingerprint density at radius 2 is 2.43 bits per heavy atom. The Morgan fingerprint density at radius 3 is 3.00 bits per heavy atom. The maximum atomic E-state index is 10.4. The van der Waals surface area contributed by atoms with Crippen LogP contribution in [0.4, 0.5) is 0 Å². The van der Waals surface area contributed by atoms with Gasteiger partial charge < -0.3 is 10.0 Å². The Kier molecular flexibility index (Phi) is 2.25. The van der Waals surface area contributed by atoms with E-state index in [1.54, 1.807) is 6.20 Å². The number of nitrogens with zero attached hydrogens (tertiary/aromatic N) is 3. The van der Waals surface area contributed by atoms with Gasteiger partial charge >= 0.3 is 5.97 Å². The SMILES string of the molecule is CN1CC(n2cc(CC(=O)O)cn2)C1. The predicted molar refractivity (Wildman–Crippen MR) is 50.1 cm³/mol. The molecule has 2 heterocycles. The molecule has 14 heavy (non-hydrogen) atoms. The average molecular weight is 195 g/mol. The largest absolute Gasteiger partial charge is 0.481 e. The number of aliphatic carboxylic acids is 1. The molecule has 76 valence electrons. The van der Waals surface area contributed by atoms with E-state index in [0.717, 1.165) is 18.7 Å². The lowest BCUT2D eigenvalue weighted by Gasteiger charge is -2.36. The Labute approximate surface area is 81.9 Å². The highest BCUT2D eigenvalue weighted by Gasteiger charge is 2.25. The number of hydrogen-bond acceptors (Lipinski definition) is 3. The van der Waals surface area contributed by atoms with Crippen LogP contribution in [0.1, 0.15) is 11.6 Å². The molecule has 1 aromatic rings. The highest BCUT2D eigenvalue weighted by Crippen LogP contribution is 2.18. The van der Waals surface area contributed by atoms with E-state index >= 15 is 0 Å². The van der Waals surface area contributed by atoms with Crippen LogP contribution < -0.4 is 0 Å². The Morgan fingerprint density at radius 1 is 1.71 bits per heavy atom. The van der Waals surface area contributed by atoms with Crippen LogP contribution in [-0.4, -0.2) is 45.9 Å². The van der Waals surface area contributed by atoms with Crippen LogP contribution in [0.5, 0.6) is 0 Å². The average Bonchev–Trinajstić information content (AvgIpc) is 2.46.